The fourth-order valence-electron chi connectivity index (χ4n) is 0.801. The smallest absolute Gasteiger partial charge is 0.340 e. The molecule has 0 unspecified atom stereocenters. The van der Waals surface area contributed by atoms with Crippen LogP contribution in [0.4, 0.5) is 23.5 Å². The lowest BCUT2D eigenvalue weighted by molar-refractivity contribution is -0.148. The summed E-state index contributed by atoms with van der Waals surface area (Å²) in [7, 11) is 1.49. The molecule has 0 fully saturated rings. The van der Waals surface area contributed by atoms with Gasteiger partial charge in [-0.3, -0.25) is 0 Å². The molecule has 0 atom stereocenters. The Morgan fingerprint density at radius 2 is 2.18 bits per heavy atom. The Morgan fingerprint density at radius 3 is 2.71 bits per heavy atom. The van der Waals surface area contributed by atoms with E-state index in [1.165, 1.54) is 7.05 Å². The number of alkyl halides is 4. The van der Waals surface area contributed by atoms with Crippen molar-refractivity contribution in [1.29, 1.82) is 0 Å². The molecule has 0 aliphatic rings. The van der Waals surface area contributed by atoms with Crippen LogP contribution in [0.1, 0.15) is 0 Å². The number of nitrogens with zero attached hydrogens (tertiary/aromatic N) is 2. The molecule has 1 heterocycles. The third-order valence-corrected chi connectivity index (χ3v) is 1.92. The molecule has 0 saturated heterocycles. The number of hydrogen-bond donors (Lipinski definition) is 1. The second-order valence-corrected chi connectivity index (χ2v) is 3.35. The van der Waals surface area contributed by atoms with Gasteiger partial charge in [-0.05, 0) is 0 Å². The Bertz CT molecular complexity index is 391. The number of aromatic nitrogens is 2. The first kappa shape index (κ1) is 13.8. The Hall–Kier alpha value is -1.31. The molecule has 0 aliphatic heterocycles. The van der Waals surface area contributed by atoms with E-state index in [2.05, 4.69) is 20.0 Å². The minimum absolute atomic E-state index is 0.0739. The summed E-state index contributed by atoms with van der Waals surface area (Å²) in [5.41, 5.74) is 0. The quantitative estimate of drug-likeness (QED) is 0.837. The van der Waals surface area contributed by atoms with Crippen LogP contribution in [0.5, 0.6) is 5.88 Å². The van der Waals surface area contributed by atoms with E-state index in [4.69, 9.17) is 11.6 Å². The largest absolute Gasteiger partial charge is 0.470 e. The van der Waals surface area contributed by atoms with Crippen LogP contribution in [0.15, 0.2) is 6.20 Å². The molecule has 0 aliphatic carbocycles. The minimum Gasteiger partial charge on any atom is -0.470 e. The van der Waals surface area contributed by atoms with Gasteiger partial charge in [0.05, 0.1) is 6.20 Å². The van der Waals surface area contributed by atoms with Gasteiger partial charge < -0.3 is 10.1 Å². The molecule has 0 spiro atoms. The molecule has 9 heteroatoms. The lowest BCUT2D eigenvalue weighted by atomic mass is 10.4. The number of ether oxygens (including phenoxy) is 1. The highest BCUT2D eigenvalue weighted by molar-refractivity contribution is 6.31. The monoisotopic (exact) mass is 273 g/mol. The van der Waals surface area contributed by atoms with Gasteiger partial charge in [-0.25, -0.2) is 13.8 Å². The summed E-state index contributed by atoms with van der Waals surface area (Å²) in [6, 6.07) is 0. The van der Waals surface area contributed by atoms with Gasteiger partial charge in [0.2, 0.25) is 11.8 Å². The Morgan fingerprint density at radius 1 is 1.53 bits per heavy atom. The first-order valence-corrected chi connectivity index (χ1v) is 4.73. The van der Waals surface area contributed by atoms with Crippen molar-refractivity contribution in [2.75, 3.05) is 19.0 Å². The zero-order chi connectivity index (χ0) is 13.1. The van der Waals surface area contributed by atoms with Gasteiger partial charge in [0.15, 0.2) is 6.61 Å². The van der Waals surface area contributed by atoms with Crippen LogP contribution in [-0.2, 0) is 0 Å². The minimum atomic E-state index is -4.26. The standard InChI is InChI=1S/C8H8ClF4N3O/c1-14-7-15-2-4(9)5(16-7)17-3-8(12,13)6(10)11/h2,6H,3H2,1H3,(H,14,15,16). The second-order valence-electron chi connectivity index (χ2n) is 2.95. The maximum Gasteiger partial charge on any atom is 0.340 e. The van der Waals surface area contributed by atoms with Gasteiger partial charge in [-0.15, -0.1) is 0 Å². The van der Waals surface area contributed by atoms with Gasteiger partial charge in [0.25, 0.3) is 0 Å². The van der Waals surface area contributed by atoms with Crippen LogP contribution in [0.2, 0.25) is 5.02 Å². The van der Waals surface area contributed by atoms with E-state index in [0.29, 0.717) is 0 Å². The lowest BCUT2D eigenvalue weighted by Crippen LogP contribution is -2.34. The molecule has 17 heavy (non-hydrogen) atoms. The number of anilines is 1. The van der Waals surface area contributed by atoms with E-state index in [-0.39, 0.29) is 16.9 Å². The first-order chi connectivity index (χ1) is 7.86. The molecule has 0 radical (unpaired) electrons. The zero-order valence-corrected chi connectivity index (χ0v) is 9.31. The maximum absolute atomic E-state index is 12.6. The van der Waals surface area contributed by atoms with Crippen LogP contribution in [-0.4, -0.2) is 36.0 Å². The molecule has 1 N–H and O–H groups in total. The molecule has 1 rings (SSSR count). The average molecular weight is 274 g/mol. The molecule has 0 saturated carbocycles. The molecule has 1 aromatic rings. The molecule has 1 aromatic heterocycles. The fraction of sp³-hybridized carbons (Fsp3) is 0.500. The fourth-order valence-corrected chi connectivity index (χ4v) is 0.946. The molecule has 4 nitrogen and oxygen atoms in total. The van der Waals surface area contributed by atoms with Gasteiger partial charge in [0, 0.05) is 7.05 Å². The summed E-state index contributed by atoms with van der Waals surface area (Å²) in [4.78, 5) is 7.27. The molecular formula is C8H8ClF4N3O. The van der Waals surface area contributed by atoms with Crippen molar-refractivity contribution in [3.05, 3.63) is 11.2 Å². The molecular weight excluding hydrogens is 266 g/mol. The highest BCUT2D eigenvalue weighted by atomic mass is 35.5. The highest BCUT2D eigenvalue weighted by Crippen LogP contribution is 2.27. The summed E-state index contributed by atoms with van der Waals surface area (Å²) in [5.74, 6) is -4.57. The van der Waals surface area contributed by atoms with Crippen molar-refractivity contribution < 1.29 is 22.3 Å². The summed E-state index contributed by atoms with van der Waals surface area (Å²) < 4.78 is 53.3. The number of nitrogens with one attached hydrogen (secondary N) is 1. The summed E-state index contributed by atoms with van der Waals surface area (Å²) >= 11 is 5.55. The van der Waals surface area contributed by atoms with E-state index >= 15 is 0 Å². The van der Waals surface area contributed by atoms with E-state index in [0.717, 1.165) is 6.20 Å². The Balaban J connectivity index is 2.75. The van der Waals surface area contributed by atoms with Crippen molar-refractivity contribution in [1.82, 2.24) is 9.97 Å². The zero-order valence-electron chi connectivity index (χ0n) is 8.55. The Labute approximate surface area is 99.0 Å². The highest BCUT2D eigenvalue weighted by Gasteiger charge is 2.42. The summed E-state index contributed by atoms with van der Waals surface area (Å²) in [6.07, 6.45) is -2.71. The van der Waals surface area contributed by atoms with E-state index in [9.17, 15) is 17.6 Å². The first-order valence-electron chi connectivity index (χ1n) is 4.36. The molecule has 0 aromatic carbocycles. The van der Waals surface area contributed by atoms with Crippen LogP contribution in [0.25, 0.3) is 0 Å². The summed E-state index contributed by atoms with van der Waals surface area (Å²) in [6.45, 7) is -1.51. The summed E-state index contributed by atoms with van der Waals surface area (Å²) in [5, 5.41) is 2.37. The van der Waals surface area contributed by atoms with Crippen LogP contribution in [0, 0.1) is 0 Å². The Kier molecular flexibility index (Phi) is 4.33. The van der Waals surface area contributed by atoms with Crippen molar-refractivity contribution in [2.45, 2.75) is 12.3 Å². The average Bonchev–Trinajstić information content (AvgIpc) is 2.28. The van der Waals surface area contributed by atoms with Gasteiger partial charge in [0.1, 0.15) is 5.02 Å². The topological polar surface area (TPSA) is 47.0 Å². The van der Waals surface area contributed by atoms with Gasteiger partial charge >= 0.3 is 12.3 Å². The third-order valence-electron chi connectivity index (χ3n) is 1.66. The number of halogens is 5. The van der Waals surface area contributed by atoms with E-state index < -0.39 is 19.0 Å². The van der Waals surface area contributed by atoms with Gasteiger partial charge in [-0.1, -0.05) is 11.6 Å². The SMILES string of the molecule is CNc1ncc(Cl)c(OCC(F)(F)C(F)F)n1. The molecule has 0 bridgehead atoms. The predicted octanol–water partition coefficient (Wildman–Crippen LogP) is 2.45. The van der Waals surface area contributed by atoms with E-state index in [1.54, 1.807) is 0 Å². The second kappa shape index (κ2) is 5.35. The number of rotatable bonds is 5. The van der Waals surface area contributed by atoms with Crippen molar-refractivity contribution in [3.8, 4) is 5.88 Å². The normalized spacial score (nSPS) is 11.7. The number of hydrogen-bond acceptors (Lipinski definition) is 4. The van der Waals surface area contributed by atoms with Crippen LogP contribution in [0.3, 0.4) is 0 Å². The van der Waals surface area contributed by atoms with Crippen molar-refractivity contribution in [3.63, 3.8) is 0 Å². The lowest BCUT2D eigenvalue weighted by Gasteiger charge is -2.16. The van der Waals surface area contributed by atoms with Crippen LogP contribution >= 0.6 is 11.6 Å². The van der Waals surface area contributed by atoms with Crippen molar-refractivity contribution >= 4 is 17.5 Å². The van der Waals surface area contributed by atoms with Crippen molar-refractivity contribution in [2.24, 2.45) is 0 Å². The third kappa shape index (κ3) is 3.58. The molecule has 96 valence electrons. The maximum atomic E-state index is 12.6. The van der Waals surface area contributed by atoms with Crippen LogP contribution < -0.4 is 10.1 Å². The molecule has 0 amide bonds. The van der Waals surface area contributed by atoms with Gasteiger partial charge in [-0.2, -0.15) is 13.8 Å². The van der Waals surface area contributed by atoms with E-state index in [1.807, 2.05) is 0 Å². The predicted molar refractivity (Wildman–Crippen MR) is 53.0 cm³/mol.